The Balaban J connectivity index is 1.24. The maximum absolute atomic E-state index is 6.98. The molecule has 0 unspecified atom stereocenters. The maximum atomic E-state index is 6.98. The highest BCUT2D eigenvalue weighted by atomic mass is 32.1. The van der Waals surface area contributed by atoms with Crippen LogP contribution >= 0.6 is 11.3 Å². The second-order valence-electron chi connectivity index (χ2n) is 13.6. The Morgan fingerprint density at radius 3 is 1.94 bits per heavy atom. The minimum Gasteiger partial charge on any atom is -0.457 e. The van der Waals surface area contributed by atoms with Gasteiger partial charge in [0.15, 0.2) is 0 Å². The molecule has 8 aromatic carbocycles. The van der Waals surface area contributed by atoms with Crippen LogP contribution < -0.4 is 4.74 Å². The fourth-order valence-corrected chi connectivity index (χ4v) is 10.4. The van der Waals surface area contributed by atoms with Crippen molar-refractivity contribution < 1.29 is 4.74 Å². The third-order valence-electron chi connectivity index (χ3n) is 11.2. The van der Waals surface area contributed by atoms with Crippen molar-refractivity contribution >= 4 is 64.1 Å². The van der Waals surface area contributed by atoms with Crippen LogP contribution in [-0.2, 0) is 5.41 Å². The lowest BCUT2D eigenvalue weighted by Crippen LogP contribution is -2.32. The third kappa shape index (κ3) is 3.24. The van der Waals surface area contributed by atoms with E-state index in [-0.39, 0.29) is 0 Å². The molecule has 232 valence electrons. The summed E-state index contributed by atoms with van der Waals surface area (Å²) in [6.07, 6.45) is 0. The van der Waals surface area contributed by atoms with Crippen LogP contribution in [0.5, 0.6) is 11.5 Å². The summed E-state index contributed by atoms with van der Waals surface area (Å²) < 4.78 is 12.1. The van der Waals surface area contributed by atoms with E-state index >= 15 is 0 Å². The summed E-state index contributed by atoms with van der Waals surface area (Å²) in [5.41, 5.74) is 10.6. The highest BCUT2D eigenvalue weighted by Gasteiger charge is 2.51. The monoisotopic (exact) mass is 653 g/mol. The van der Waals surface area contributed by atoms with Gasteiger partial charge in [0.05, 0.1) is 16.4 Å². The first-order valence-electron chi connectivity index (χ1n) is 17.2. The highest BCUT2D eigenvalue weighted by molar-refractivity contribution is 7.25. The molecular formula is C47H27NOS. The molecule has 2 aliphatic rings. The topological polar surface area (TPSA) is 14.2 Å². The Morgan fingerprint density at radius 1 is 0.440 bits per heavy atom. The Labute approximate surface area is 292 Å². The number of thiophene rings is 1. The van der Waals surface area contributed by atoms with Gasteiger partial charge in [0, 0.05) is 59.2 Å². The summed E-state index contributed by atoms with van der Waals surface area (Å²) in [5.74, 6) is 1.81. The molecule has 1 spiro atoms. The van der Waals surface area contributed by atoms with E-state index in [0.29, 0.717) is 0 Å². The van der Waals surface area contributed by atoms with Gasteiger partial charge in [-0.3, -0.25) is 0 Å². The first-order valence-corrected chi connectivity index (χ1v) is 18.0. The SMILES string of the molecule is c1ccc2c(c1)Oc1cc3c(cc1C21c2ccccc2-c2ccccc21)c1ccc2ccccc2c1n3-c1ccc2c(c1)sc1ccccc12. The van der Waals surface area contributed by atoms with Gasteiger partial charge in [0.2, 0.25) is 0 Å². The number of benzene rings is 8. The van der Waals surface area contributed by atoms with E-state index in [1.165, 1.54) is 80.6 Å². The molecule has 2 nitrogen and oxygen atoms in total. The number of aromatic nitrogens is 1. The van der Waals surface area contributed by atoms with E-state index in [1.807, 2.05) is 11.3 Å². The molecule has 1 aliphatic carbocycles. The lowest BCUT2D eigenvalue weighted by molar-refractivity contribution is 0.437. The normalized spacial score (nSPS) is 13.9. The number of ether oxygens (including phenoxy) is 1. The Hall–Kier alpha value is -6.16. The van der Waals surface area contributed by atoms with E-state index in [0.717, 1.165) is 22.7 Å². The fraction of sp³-hybridized carbons (Fsp3) is 0.0213. The maximum Gasteiger partial charge on any atom is 0.134 e. The second-order valence-corrected chi connectivity index (χ2v) is 14.7. The van der Waals surface area contributed by atoms with Crippen molar-refractivity contribution in [2.45, 2.75) is 5.41 Å². The molecule has 0 saturated heterocycles. The Bertz CT molecular complexity index is 3040. The fourth-order valence-electron chi connectivity index (χ4n) is 9.25. The minimum atomic E-state index is -0.507. The molecule has 3 heteroatoms. The molecule has 0 radical (unpaired) electrons. The first kappa shape index (κ1) is 26.8. The summed E-state index contributed by atoms with van der Waals surface area (Å²) in [4.78, 5) is 0. The third-order valence-corrected chi connectivity index (χ3v) is 12.4. The van der Waals surface area contributed by atoms with Gasteiger partial charge in [-0.2, -0.15) is 0 Å². The van der Waals surface area contributed by atoms with Crippen LogP contribution in [0.15, 0.2) is 164 Å². The van der Waals surface area contributed by atoms with Gasteiger partial charge < -0.3 is 9.30 Å². The summed E-state index contributed by atoms with van der Waals surface area (Å²) in [7, 11) is 0. The van der Waals surface area contributed by atoms with Gasteiger partial charge in [0.1, 0.15) is 11.5 Å². The van der Waals surface area contributed by atoms with Crippen LogP contribution in [0.1, 0.15) is 22.3 Å². The van der Waals surface area contributed by atoms with E-state index < -0.39 is 5.41 Å². The van der Waals surface area contributed by atoms with Gasteiger partial charge in [-0.25, -0.2) is 0 Å². The highest BCUT2D eigenvalue weighted by Crippen LogP contribution is 2.62. The van der Waals surface area contributed by atoms with Crippen molar-refractivity contribution in [3.63, 3.8) is 0 Å². The predicted octanol–water partition coefficient (Wildman–Crippen LogP) is 12.8. The zero-order valence-corrected chi connectivity index (χ0v) is 27.7. The second kappa shape index (κ2) is 9.50. The average Bonchev–Trinajstić information content (AvgIpc) is 3.80. The van der Waals surface area contributed by atoms with Gasteiger partial charge in [-0.05, 0) is 58.0 Å². The molecule has 0 fully saturated rings. The largest absolute Gasteiger partial charge is 0.457 e. The van der Waals surface area contributed by atoms with Gasteiger partial charge >= 0.3 is 0 Å². The van der Waals surface area contributed by atoms with Crippen molar-refractivity contribution in [1.29, 1.82) is 0 Å². The zero-order chi connectivity index (χ0) is 32.6. The molecule has 2 aromatic heterocycles. The van der Waals surface area contributed by atoms with Crippen molar-refractivity contribution in [1.82, 2.24) is 4.57 Å². The van der Waals surface area contributed by atoms with Crippen LogP contribution in [0.4, 0.5) is 0 Å². The molecule has 0 bridgehead atoms. The molecule has 0 saturated carbocycles. The van der Waals surface area contributed by atoms with Crippen LogP contribution in [0, 0.1) is 0 Å². The molecule has 0 N–H and O–H groups in total. The summed E-state index contributed by atoms with van der Waals surface area (Å²) in [6.45, 7) is 0. The van der Waals surface area contributed by atoms with Crippen molar-refractivity contribution in [3.8, 4) is 28.3 Å². The van der Waals surface area contributed by atoms with Gasteiger partial charge in [0.25, 0.3) is 0 Å². The number of hydrogen-bond acceptors (Lipinski definition) is 2. The summed E-state index contributed by atoms with van der Waals surface area (Å²) >= 11 is 1.86. The van der Waals surface area contributed by atoms with Crippen LogP contribution in [0.3, 0.4) is 0 Å². The standard InChI is InChI=1S/C47H27NOS/c1-2-12-30-28(11-1)21-23-35-36-26-40-43(27-41(36)48(46(30)35)29-22-24-34-33-15-5-10-20-44(33)50-45(34)25-29)49-42-19-9-8-18-39(42)47(40)37-16-6-3-13-31(37)32-14-4-7-17-38(32)47/h1-27H. The van der Waals surface area contributed by atoms with E-state index in [9.17, 15) is 0 Å². The molecular weight excluding hydrogens is 627 g/mol. The molecule has 50 heavy (non-hydrogen) atoms. The molecule has 1 aliphatic heterocycles. The predicted molar refractivity (Wildman–Crippen MR) is 209 cm³/mol. The average molecular weight is 654 g/mol. The number of nitrogens with zero attached hydrogens (tertiary/aromatic N) is 1. The zero-order valence-electron chi connectivity index (χ0n) is 26.9. The first-order chi connectivity index (χ1) is 24.8. The summed E-state index contributed by atoms with van der Waals surface area (Å²) in [6, 6.07) is 60.4. The van der Waals surface area contributed by atoms with E-state index in [2.05, 4.69) is 168 Å². The summed E-state index contributed by atoms with van der Waals surface area (Å²) in [5, 5.41) is 7.56. The number of para-hydroxylation sites is 1. The van der Waals surface area contributed by atoms with Crippen LogP contribution in [0.25, 0.3) is 69.6 Å². The Kier molecular flexibility index (Phi) is 5.08. The smallest absolute Gasteiger partial charge is 0.134 e. The molecule has 12 rings (SSSR count). The minimum absolute atomic E-state index is 0.507. The van der Waals surface area contributed by atoms with Crippen LogP contribution in [-0.4, -0.2) is 4.57 Å². The van der Waals surface area contributed by atoms with E-state index in [4.69, 9.17) is 4.74 Å². The lowest BCUT2D eigenvalue weighted by atomic mass is 9.66. The quantitative estimate of drug-likeness (QED) is 0.172. The Morgan fingerprint density at radius 2 is 1.10 bits per heavy atom. The van der Waals surface area contributed by atoms with Crippen LogP contribution in [0.2, 0.25) is 0 Å². The van der Waals surface area contributed by atoms with Crippen molar-refractivity contribution in [2.24, 2.45) is 0 Å². The lowest BCUT2D eigenvalue weighted by Gasteiger charge is -2.39. The molecule has 0 atom stereocenters. The number of hydrogen-bond donors (Lipinski definition) is 0. The van der Waals surface area contributed by atoms with E-state index in [1.54, 1.807) is 0 Å². The number of fused-ring (bicyclic) bond motifs is 17. The van der Waals surface area contributed by atoms with Crippen molar-refractivity contribution in [2.75, 3.05) is 0 Å². The van der Waals surface area contributed by atoms with Crippen molar-refractivity contribution in [3.05, 3.63) is 186 Å². The number of rotatable bonds is 1. The van der Waals surface area contributed by atoms with Gasteiger partial charge in [-0.15, -0.1) is 11.3 Å². The molecule has 10 aromatic rings. The molecule has 3 heterocycles. The molecule has 0 amide bonds. The van der Waals surface area contributed by atoms with Gasteiger partial charge in [-0.1, -0.05) is 127 Å².